The van der Waals surface area contributed by atoms with Crippen LogP contribution in [0.2, 0.25) is 0 Å². The second kappa shape index (κ2) is 8.55. The predicted octanol–water partition coefficient (Wildman–Crippen LogP) is 3.34. The number of amides is 1. The minimum Gasteiger partial charge on any atom is -0.476 e. The quantitative estimate of drug-likeness (QED) is 0.672. The second-order valence-corrected chi connectivity index (χ2v) is 8.33. The number of anilines is 1. The van der Waals surface area contributed by atoms with Crippen LogP contribution in [0.15, 0.2) is 34.0 Å². The number of nitrogens with zero attached hydrogens (tertiary/aromatic N) is 2. The monoisotopic (exact) mass is 391 g/mol. The largest absolute Gasteiger partial charge is 0.476 e. The number of nitrogens with one attached hydrogen (secondary N) is 1. The average Bonchev–Trinajstić information content (AvgIpc) is 3.22. The van der Waals surface area contributed by atoms with Crippen LogP contribution in [0.5, 0.6) is 0 Å². The van der Waals surface area contributed by atoms with Gasteiger partial charge in [0.15, 0.2) is 10.0 Å². The number of carboxylic acids is 1. The van der Waals surface area contributed by atoms with E-state index in [9.17, 15) is 9.59 Å². The molecule has 0 radical (unpaired) electrons. The van der Waals surface area contributed by atoms with Crippen LogP contribution >= 0.6 is 23.1 Å². The van der Waals surface area contributed by atoms with Crippen molar-refractivity contribution in [2.24, 2.45) is 0 Å². The van der Waals surface area contributed by atoms with Crippen LogP contribution in [0.1, 0.15) is 28.9 Å². The van der Waals surface area contributed by atoms with Crippen molar-refractivity contribution in [2.45, 2.75) is 30.1 Å². The van der Waals surface area contributed by atoms with Gasteiger partial charge in [-0.1, -0.05) is 30.0 Å². The fourth-order valence-corrected chi connectivity index (χ4v) is 4.77. The summed E-state index contributed by atoms with van der Waals surface area (Å²) in [6.45, 7) is 3.45. The fourth-order valence-electron chi connectivity index (χ4n) is 2.96. The minimum absolute atomic E-state index is 0.0788. The topological polar surface area (TPSA) is 82.5 Å². The molecule has 3 rings (SSSR count). The molecule has 138 valence electrons. The van der Waals surface area contributed by atoms with Crippen molar-refractivity contribution in [1.82, 2.24) is 9.88 Å². The molecule has 2 N–H and O–H groups in total. The summed E-state index contributed by atoms with van der Waals surface area (Å²) in [4.78, 5) is 29.1. The molecule has 2 aromatic rings. The Hall–Kier alpha value is -2.06. The van der Waals surface area contributed by atoms with E-state index in [1.54, 1.807) is 5.38 Å². The van der Waals surface area contributed by atoms with Crippen LogP contribution in [0, 0.1) is 6.92 Å². The SMILES string of the molecule is Cc1ccccc1NCC1CCC(=O)N1CCSc1nc(C(=O)O)cs1. The summed E-state index contributed by atoms with van der Waals surface area (Å²) < 4.78 is 0.726. The molecule has 1 saturated heterocycles. The van der Waals surface area contributed by atoms with E-state index in [1.165, 1.54) is 28.7 Å². The first kappa shape index (κ1) is 18.7. The van der Waals surface area contributed by atoms with Gasteiger partial charge in [-0.05, 0) is 25.0 Å². The van der Waals surface area contributed by atoms with E-state index in [0.717, 1.165) is 23.0 Å². The summed E-state index contributed by atoms with van der Waals surface area (Å²) in [6.07, 6.45) is 1.45. The van der Waals surface area contributed by atoms with Gasteiger partial charge >= 0.3 is 5.97 Å². The Kier molecular flexibility index (Phi) is 6.16. The fraction of sp³-hybridized carbons (Fsp3) is 0.389. The molecule has 0 spiro atoms. The van der Waals surface area contributed by atoms with Crippen molar-refractivity contribution in [1.29, 1.82) is 0 Å². The van der Waals surface area contributed by atoms with Crippen LogP contribution in [0.3, 0.4) is 0 Å². The van der Waals surface area contributed by atoms with E-state index in [0.29, 0.717) is 18.7 Å². The summed E-state index contributed by atoms with van der Waals surface area (Å²) >= 11 is 2.82. The summed E-state index contributed by atoms with van der Waals surface area (Å²) in [5.74, 6) is -0.114. The van der Waals surface area contributed by atoms with Gasteiger partial charge < -0.3 is 15.3 Å². The Labute approximate surface area is 160 Å². The number of aryl methyl sites for hydroxylation is 1. The molecule has 1 fully saturated rings. The minimum atomic E-state index is -1.01. The van der Waals surface area contributed by atoms with Gasteiger partial charge in [0.2, 0.25) is 5.91 Å². The lowest BCUT2D eigenvalue weighted by molar-refractivity contribution is -0.128. The van der Waals surface area contributed by atoms with Gasteiger partial charge in [-0.15, -0.1) is 11.3 Å². The third-order valence-corrected chi connectivity index (χ3v) is 6.39. The highest BCUT2D eigenvalue weighted by molar-refractivity contribution is 8.01. The Morgan fingerprint density at radius 1 is 1.46 bits per heavy atom. The van der Waals surface area contributed by atoms with Crippen LogP contribution in [-0.2, 0) is 4.79 Å². The molecule has 0 aliphatic carbocycles. The number of aromatic nitrogens is 1. The summed E-state index contributed by atoms with van der Waals surface area (Å²) in [5, 5.41) is 13.9. The summed E-state index contributed by atoms with van der Waals surface area (Å²) in [7, 11) is 0. The summed E-state index contributed by atoms with van der Waals surface area (Å²) in [5.41, 5.74) is 2.37. The van der Waals surface area contributed by atoms with Gasteiger partial charge in [0.1, 0.15) is 0 Å². The van der Waals surface area contributed by atoms with E-state index in [1.807, 2.05) is 17.0 Å². The number of para-hydroxylation sites is 1. The number of benzene rings is 1. The van der Waals surface area contributed by atoms with Gasteiger partial charge in [-0.25, -0.2) is 9.78 Å². The highest BCUT2D eigenvalue weighted by atomic mass is 32.2. The lowest BCUT2D eigenvalue weighted by atomic mass is 10.1. The molecule has 8 heteroatoms. The van der Waals surface area contributed by atoms with Crippen LogP contribution in [0.25, 0.3) is 0 Å². The molecule has 1 aromatic heterocycles. The number of rotatable bonds is 8. The second-order valence-electron chi connectivity index (χ2n) is 6.13. The van der Waals surface area contributed by atoms with Crippen molar-refractivity contribution in [3.8, 4) is 0 Å². The molecule has 1 aliphatic rings. The van der Waals surface area contributed by atoms with Crippen molar-refractivity contribution < 1.29 is 14.7 Å². The number of aromatic carboxylic acids is 1. The van der Waals surface area contributed by atoms with Gasteiger partial charge in [-0.2, -0.15) is 0 Å². The molecular weight excluding hydrogens is 370 g/mol. The number of hydrogen-bond acceptors (Lipinski definition) is 6. The Morgan fingerprint density at radius 2 is 2.27 bits per heavy atom. The van der Waals surface area contributed by atoms with E-state index in [2.05, 4.69) is 29.4 Å². The zero-order valence-corrected chi connectivity index (χ0v) is 16.1. The number of hydrogen-bond donors (Lipinski definition) is 2. The Balaban J connectivity index is 1.51. The number of thioether (sulfide) groups is 1. The van der Waals surface area contributed by atoms with Crippen LogP contribution < -0.4 is 5.32 Å². The Morgan fingerprint density at radius 3 is 3.00 bits per heavy atom. The van der Waals surface area contributed by atoms with E-state index >= 15 is 0 Å². The summed E-state index contributed by atoms with van der Waals surface area (Å²) in [6, 6.07) is 8.32. The zero-order valence-electron chi connectivity index (χ0n) is 14.5. The van der Waals surface area contributed by atoms with Crippen molar-refractivity contribution in [3.05, 3.63) is 40.9 Å². The zero-order chi connectivity index (χ0) is 18.5. The van der Waals surface area contributed by atoms with Gasteiger partial charge in [-0.3, -0.25) is 4.79 Å². The number of carbonyl (C=O) groups excluding carboxylic acids is 1. The van der Waals surface area contributed by atoms with Crippen molar-refractivity contribution in [2.75, 3.05) is 24.2 Å². The lowest BCUT2D eigenvalue weighted by Crippen LogP contribution is -2.39. The molecule has 1 unspecified atom stereocenters. The molecule has 2 heterocycles. The lowest BCUT2D eigenvalue weighted by Gasteiger charge is -2.25. The van der Waals surface area contributed by atoms with Crippen molar-refractivity contribution >= 4 is 40.7 Å². The maximum absolute atomic E-state index is 12.2. The molecule has 1 atom stereocenters. The molecule has 1 aliphatic heterocycles. The first-order chi connectivity index (χ1) is 12.5. The first-order valence-electron chi connectivity index (χ1n) is 8.45. The molecule has 1 aromatic carbocycles. The van der Waals surface area contributed by atoms with Gasteiger partial charge in [0.05, 0.1) is 0 Å². The number of likely N-dealkylation sites (tertiary alicyclic amines) is 1. The van der Waals surface area contributed by atoms with Gasteiger partial charge in [0, 0.05) is 42.4 Å². The third-order valence-electron chi connectivity index (χ3n) is 4.39. The normalized spacial score (nSPS) is 16.9. The first-order valence-corrected chi connectivity index (χ1v) is 10.3. The smallest absolute Gasteiger partial charge is 0.355 e. The highest BCUT2D eigenvalue weighted by Gasteiger charge is 2.30. The van der Waals surface area contributed by atoms with Gasteiger partial charge in [0.25, 0.3) is 0 Å². The molecular formula is C18H21N3O3S2. The van der Waals surface area contributed by atoms with Crippen LogP contribution in [0.4, 0.5) is 5.69 Å². The highest BCUT2D eigenvalue weighted by Crippen LogP contribution is 2.25. The molecule has 6 nitrogen and oxygen atoms in total. The number of carboxylic acid groups (broad SMARTS) is 1. The number of thiazole rings is 1. The maximum atomic E-state index is 12.2. The maximum Gasteiger partial charge on any atom is 0.355 e. The molecule has 0 saturated carbocycles. The van der Waals surface area contributed by atoms with Crippen molar-refractivity contribution in [3.63, 3.8) is 0 Å². The standard InChI is InChI=1S/C18H21N3O3S2/c1-12-4-2-3-5-14(12)19-10-13-6-7-16(22)21(13)8-9-25-18-20-15(11-26-18)17(23)24/h2-5,11,13,19H,6-10H2,1H3,(H,23,24). The predicted molar refractivity (Wildman–Crippen MR) is 104 cm³/mol. The van der Waals surface area contributed by atoms with Crippen LogP contribution in [-0.4, -0.2) is 51.8 Å². The van der Waals surface area contributed by atoms with E-state index in [-0.39, 0.29) is 17.6 Å². The molecule has 1 amide bonds. The van der Waals surface area contributed by atoms with E-state index < -0.39 is 5.97 Å². The number of carbonyl (C=O) groups is 2. The van der Waals surface area contributed by atoms with E-state index in [4.69, 9.17) is 5.11 Å². The Bertz CT molecular complexity index is 793. The molecule has 0 bridgehead atoms. The third kappa shape index (κ3) is 4.56. The average molecular weight is 392 g/mol. The molecule has 26 heavy (non-hydrogen) atoms.